The summed E-state index contributed by atoms with van der Waals surface area (Å²) < 4.78 is 0. The summed E-state index contributed by atoms with van der Waals surface area (Å²) in [5.74, 6) is 1.16. The number of hydrogen-bond donors (Lipinski definition) is 1. The van der Waals surface area contributed by atoms with E-state index in [0.717, 1.165) is 38.1 Å². The Hall–Kier alpha value is -1.06. The lowest BCUT2D eigenvalue weighted by atomic mass is 9.86. The van der Waals surface area contributed by atoms with Crippen molar-refractivity contribution >= 4 is 11.6 Å². The van der Waals surface area contributed by atoms with Gasteiger partial charge in [-0.3, -0.25) is 4.79 Å². The number of likely N-dealkylation sites (tertiary alicyclic amines) is 1. The van der Waals surface area contributed by atoms with E-state index in [4.69, 9.17) is 5.21 Å². The molecule has 2 aliphatic rings. The van der Waals surface area contributed by atoms with E-state index in [2.05, 4.69) is 12.1 Å². The quantitative estimate of drug-likeness (QED) is 0.630. The minimum Gasteiger partial charge on any atom is -0.411 e. The molecule has 2 fully saturated rings. The molecule has 0 radical (unpaired) electrons. The minimum atomic E-state index is 0.244. The number of nitrogens with zero attached hydrogens (tertiary/aromatic N) is 2. The van der Waals surface area contributed by atoms with Gasteiger partial charge in [0.2, 0.25) is 5.91 Å². The Morgan fingerprint density at radius 3 is 2.74 bits per heavy atom. The van der Waals surface area contributed by atoms with Crippen LogP contribution in [0.3, 0.4) is 0 Å². The first-order valence-corrected chi connectivity index (χ1v) is 7.73. The van der Waals surface area contributed by atoms with Gasteiger partial charge in [0.15, 0.2) is 0 Å². The molecule has 1 unspecified atom stereocenters. The SMILES string of the molecule is CCC1CN(C(=O)CC2CCCCC2)CCC1=NO. The molecule has 1 N–H and O–H groups in total. The fraction of sp³-hybridized carbons (Fsp3) is 0.867. The summed E-state index contributed by atoms with van der Waals surface area (Å²) in [6.07, 6.45) is 8.75. The zero-order valence-corrected chi connectivity index (χ0v) is 12.0. The van der Waals surface area contributed by atoms with Gasteiger partial charge in [0.25, 0.3) is 0 Å². The normalized spacial score (nSPS) is 27.7. The van der Waals surface area contributed by atoms with Crippen molar-refractivity contribution in [2.45, 2.75) is 58.3 Å². The van der Waals surface area contributed by atoms with E-state index in [1.165, 1.54) is 32.1 Å². The second kappa shape index (κ2) is 6.92. The lowest BCUT2D eigenvalue weighted by Gasteiger charge is -2.34. The molecule has 1 saturated heterocycles. The molecule has 0 aromatic carbocycles. The fourth-order valence-corrected chi connectivity index (χ4v) is 3.41. The average Bonchev–Trinajstić information content (AvgIpc) is 2.47. The minimum absolute atomic E-state index is 0.244. The Kier molecular flexibility index (Phi) is 5.23. The monoisotopic (exact) mass is 266 g/mol. The maximum absolute atomic E-state index is 12.3. The fourth-order valence-electron chi connectivity index (χ4n) is 3.41. The number of rotatable bonds is 3. The van der Waals surface area contributed by atoms with E-state index in [0.29, 0.717) is 11.8 Å². The maximum Gasteiger partial charge on any atom is 0.222 e. The maximum atomic E-state index is 12.3. The molecule has 0 aromatic rings. The average molecular weight is 266 g/mol. The largest absolute Gasteiger partial charge is 0.411 e. The van der Waals surface area contributed by atoms with Crippen molar-refractivity contribution in [1.82, 2.24) is 4.90 Å². The first-order valence-electron chi connectivity index (χ1n) is 7.73. The van der Waals surface area contributed by atoms with Crippen LogP contribution < -0.4 is 0 Å². The number of amides is 1. The van der Waals surface area contributed by atoms with Gasteiger partial charge in [-0.2, -0.15) is 0 Å². The Balaban J connectivity index is 1.85. The number of hydrogen-bond acceptors (Lipinski definition) is 3. The molecular weight excluding hydrogens is 240 g/mol. The first kappa shape index (κ1) is 14.4. The summed E-state index contributed by atoms with van der Waals surface area (Å²) in [4.78, 5) is 14.3. The van der Waals surface area contributed by atoms with Gasteiger partial charge in [-0.25, -0.2) is 0 Å². The van der Waals surface area contributed by atoms with Crippen molar-refractivity contribution < 1.29 is 10.0 Å². The molecule has 4 heteroatoms. The summed E-state index contributed by atoms with van der Waals surface area (Å²) in [6, 6.07) is 0. The Bertz CT molecular complexity index is 335. The predicted octanol–water partition coefficient (Wildman–Crippen LogP) is 3.05. The van der Waals surface area contributed by atoms with Gasteiger partial charge >= 0.3 is 0 Å². The van der Waals surface area contributed by atoms with Crippen LogP contribution in [0.4, 0.5) is 0 Å². The van der Waals surface area contributed by atoms with Gasteiger partial charge in [-0.15, -0.1) is 0 Å². The van der Waals surface area contributed by atoms with Crippen LogP contribution in [0.25, 0.3) is 0 Å². The van der Waals surface area contributed by atoms with E-state index in [1.54, 1.807) is 0 Å². The molecule has 1 atom stereocenters. The highest BCUT2D eigenvalue weighted by Crippen LogP contribution is 2.27. The van der Waals surface area contributed by atoms with Crippen molar-refractivity contribution in [2.24, 2.45) is 17.0 Å². The molecule has 0 bridgehead atoms. The summed E-state index contributed by atoms with van der Waals surface area (Å²) in [5, 5.41) is 12.4. The first-order chi connectivity index (χ1) is 9.24. The second-order valence-corrected chi connectivity index (χ2v) is 5.99. The third kappa shape index (κ3) is 3.71. The van der Waals surface area contributed by atoms with Crippen molar-refractivity contribution in [1.29, 1.82) is 0 Å². The molecular formula is C15H26N2O2. The summed E-state index contributed by atoms with van der Waals surface area (Å²) >= 11 is 0. The van der Waals surface area contributed by atoms with E-state index >= 15 is 0 Å². The number of oxime groups is 1. The van der Waals surface area contributed by atoms with Gasteiger partial charge in [0, 0.05) is 31.8 Å². The summed E-state index contributed by atoms with van der Waals surface area (Å²) in [6.45, 7) is 3.55. The highest BCUT2D eigenvalue weighted by atomic mass is 16.4. The van der Waals surface area contributed by atoms with Crippen LogP contribution in [-0.2, 0) is 4.79 Å². The van der Waals surface area contributed by atoms with Crippen LogP contribution in [0, 0.1) is 11.8 Å². The van der Waals surface area contributed by atoms with E-state index in [9.17, 15) is 4.79 Å². The lowest BCUT2D eigenvalue weighted by molar-refractivity contribution is -0.133. The van der Waals surface area contributed by atoms with Crippen molar-refractivity contribution in [3.8, 4) is 0 Å². The zero-order chi connectivity index (χ0) is 13.7. The number of carbonyl (C=O) groups excluding carboxylic acids is 1. The summed E-state index contributed by atoms with van der Waals surface area (Å²) in [5.41, 5.74) is 0.865. The Morgan fingerprint density at radius 2 is 2.11 bits per heavy atom. The molecule has 1 aliphatic heterocycles. The van der Waals surface area contributed by atoms with Crippen LogP contribution in [0.2, 0.25) is 0 Å². The summed E-state index contributed by atoms with van der Waals surface area (Å²) in [7, 11) is 0. The zero-order valence-electron chi connectivity index (χ0n) is 12.0. The molecule has 0 aromatic heterocycles. The number of carbonyl (C=O) groups is 1. The molecule has 19 heavy (non-hydrogen) atoms. The van der Waals surface area contributed by atoms with Gasteiger partial charge in [-0.05, 0) is 25.2 Å². The van der Waals surface area contributed by atoms with Crippen molar-refractivity contribution in [2.75, 3.05) is 13.1 Å². The van der Waals surface area contributed by atoms with Crippen molar-refractivity contribution in [3.05, 3.63) is 0 Å². The smallest absolute Gasteiger partial charge is 0.222 e. The lowest BCUT2D eigenvalue weighted by Crippen LogP contribution is -2.44. The van der Waals surface area contributed by atoms with Gasteiger partial charge in [0.1, 0.15) is 0 Å². The molecule has 2 rings (SSSR count). The Morgan fingerprint density at radius 1 is 1.37 bits per heavy atom. The third-order valence-electron chi connectivity index (χ3n) is 4.71. The highest BCUT2D eigenvalue weighted by Gasteiger charge is 2.29. The van der Waals surface area contributed by atoms with E-state index < -0.39 is 0 Å². The van der Waals surface area contributed by atoms with E-state index in [1.807, 2.05) is 4.90 Å². The molecule has 1 heterocycles. The van der Waals surface area contributed by atoms with Gasteiger partial charge in [0.05, 0.1) is 5.71 Å². The number of piperidine rings is 1. The van der Waals surface area contributed by atoms with Crippen LogP contribution in [0.15, 0.2) is 5.16 Å². The third-order valence-corrected chi connectivity index (χ3v) is 4.71. The van der Waals surface area contributed by atoms with Crippen LogP contribution in [0.5, 0.6) is 0 Å². The molecule has 0 spiro atoms. The van der Waals surface area contributed by atoms with Crippen LogP contribution in [-0.4, -0.2) is 34.8 Å². The van der Waals surface area contributed by atoms with Gasteiger partial charge < -0.3 is 10.1 Å². The molecule has 108 valence electrons. The topological polar surface area (TPSA) is 52.9 Å². The predicted molar refractivity (Wildman–Crippen MR) is 75.4 cm³/mol. The molecule has 1 amide bonds. The molecule has 1 aliphatic carbocycles. The van der Waals surface area contributed by atoms with Crippen LogP contribution in [0.1, 0.15) is 58.3 Å². The van der Waals surface area contributed by atoms with Crippen molar-refractivity contribution in [3.63, 3.8) is 0 Å². The van der Waals surface area contributed by atoms with Crippen LogP contribution >= 0.6 is 0 Å². The molecule has 1 saturated carbocycles. The van der Waals surface area contributed by atoms with Gasteiger partial charge in [-0.1, -0.05) is 31.3 Å². The molecule has 4 nitrogen and oxygen atoms in total. The second-order valence-electron chi connectivity index (χ2n) is 5.99. The van der Waals surface area contributed by atoms with E-state index in [-0.39, 0.29) is 5.92 Å². The Labute approximate surface area is 115 Å². The standard InChI is InChI=1S/C15H26N2O2/c1-2-13-11-17(9-8-14(13)16-19)15(18)10-12-6-4-3-5-7-12/h12-13,19H,2-11H2,1H3. The highest BCUT2D eigenvalue weighted by molar-refractivity contribution is 5.89.